The second-order valence-electron chi connectivity index (χ2n) is 8.05. The lowest BCUT2D eigenvalue weighted by Crippen LogP contribution is -2.32. The molecule has 0 aromatic heterocycles. The van der Waals surface area contributed by atoms with Gasteiger partial charge in [0.15, 0.2) is 0 Å². The summed E-state index contributed by atoms with van der Waals surface area (Å²) < 4.78 is 0. The molecule has 0 radical (unpaired) electrons. The van der Waals surface area contributed by atoms with Gasteiger partial charge in [0.2, 0.25) is 0 Å². The minimum Gasteiger partial charge on any atom is -0.174 e. The molecule has 0 nitrogen and oxygen atoms in total. The van der Waals surface area contributed by atoms with Crippen molar-refractivity contribution < 1.29 is 0 Å². The molecule has 128 valence electrons. The smallest absolute Gasteiger partial charge is 0.0657 e. The van der Waals surface area contributed by atoms with Crippen LogP contribution >= 0.6 is 7.26 Å². The number of benzene rings is 2. The molecule has 2 aromatic rings. The van der Waals surface area contributed by atoms with Crippen LogP contribution in [0.5, 0.6) is 0 Å². The Morgan fingerprint density at radius 1 is 0.667 bits per heavy atom. The molecule has 2 fully saturated rings. The molecule has 0 atom stereocenters. The lowest BCUT2D eigenvalue weighted by atomic mass is 9.99. The van der Waals surface area contributed by atoms with Gasteiger partial charge in [0.1, 0.15) is 0 Å². The van der Waals surface area contributed by atoms with Gasteiger partial charge in [-0.3, -0.25) is 0 Å². The highest BCUT2D eigenvalue weighted by Crippen LogP contribution is 2.70. The van der Waals surface area contributed by atoms with Crippen LogP contribution < -0.4 is 5.30 Å². The van der Waals surface area contributed by atoms with Crippen molar-refractivity contribution in [2.45, 2.75) is 75.5 Å². The number of hydrogen-bond donors (Lipinski definition) is 0. The first kappa shape index (κ1) is 16.6. The van der Waals surface area contributed by atoms with Gasteiger partial charge in [0.25, 0.3) is 0 Å². The first-order chi connectivity index (χ1) is 11.8. The van der Waals surface area contributed by atoms with Gasteiger partial charge >= 0.3 is 0 Å². The molecule has 0 heterocycles. The third-order valence-corrected chi connectivity index (χ3v) is 11.5. The fourth-order valence-corrected chi connectivity index (χ4v) is 9.98. The highest BCUT2D eigenvalue weighted by atomic mass is 31.2. The molecule has 2 aromatic carbocycles. The molecular formula is C23H31P. The van der Waals surface area contributed by atoms with Gasteiger partial charge in [-0.15, -0.1) is 0 Å². The summed E-state index contributed by atoms with van der Waals surface area (Å²) in [4.78, 5) is 0. The number of hydrogen-bond acceptors (Lipinski definition) is 0. The van der Waals surface area contributed by atoms with Gasteiger partial charge in [-0.05, 0) is 74.3 Å². The molecule has 0 spiro atoms. The van der Waals surface area contributed by atoms with E-state index in [0.29, 0.717) is 0 Å². The largest absolute Gasteiger partial charge is 0.174 e. The first-order valence-corrected chi connectivity index (χ1v) is 12.1. The summed E-state index contributed by atoms with van der Waals surface area (Å²) in [7, 11) is -1.33. The molecule has 0 amide bonds. The Morgan fingerprint density at radius 3 is 1.79 bits per heavy atom. The van der Waals surface area contributed by atoms with Crippen LogP contribution in [0.2, 0.25) is 0 Å². The van der Waals surface area contributed by atoms with E-state index >= 15 is 0 Å². The number of fused-ring (bicyclic) bond motifs is 1. The predicted octanol–water partition coefficient (Wildman–Crippen LogP) is 6.94. The zero-order chi connectivity index (χ0) is 16.4. The molecule has 2 aliphatic rings. The van der Waals surface area contributed by atoms with Gasteiger partial charge in [-0.25, -0.2) is 0 Å². The molecule has 1 heteroatoms. The van der Waals surface area contributed by atoms with E-state index in [1.807, 2.05) is 0 Å². The molecule has 4 rings (SSSR count). The molecule has 0 bridgehead atoms. The Labute approximate surface area is 148 Å². The quantitative estimate of drug-likeness (QED) is 0.420. The first-order valence-electron chi connectivity index (χ1n) is 10.0. The standard InChI is InChI=1S/C23H31P/c1-24(21-12-4-2-5-13-21,22-14-6-3-7-15-22)23-17-16-19-10-8-9-11-20(19)18-23/h8-11,16-18,21-22H,1-7,12-15H2. The van der Waals surface area contributed by atoms with Crippen LogP contribution in [-0.2, 0) is 0 Å². The molecule has 2 aliphatic carbocycles. The van der Waals surface area contributed by atoms with Crippen molar-refractivity contribution in [3.8, 4) is 0 Å². The van der Waals surface area contributed by atoms with Gasteiger partial charge in [-0.1, -0.05) is 50.4 Å². The molecule has 2 saturated carbocycles. The highest BCUT2D eigenvalue weighted by Gasteiger charge is 2.44. The Hall–Kier alpha value is -0.870. The van der Waals surface area contributed by atoms with Crippen molar-refractivity contribution in [2.24, 2.45) is 0 Å². The van der Waals surface area contributed by atoms with Gasteiger partial charge < -0.3 is 0 Å². The minimum atomic E-state index is -1.33. The van der Waals surface area contributed by atoms with Crippen LogP contribution in [-0.4, -0.2) is 11.3 Å². The maximum Gasteiger partial charge on any atom is 0.0657 e. The summed E-state index contributed by atoms with van der Waals surface area (Å²) in [5, 5.41) is 4.41. The summed E-state index contributed by atoms with van der Waals surface area (Å²) in [5.41, 5.74) is 1.77. The molecule has 0 saturated heterocycles. The Balaban J connectivity index is 1.77. The van der Waals surface area contributed by atoms with E-state index in [1.165, 1.54) is 75.0 Å². The fourth-order valence-electron chi connectivity index (χ4n) is 5.24. The minimum absolute atomic E-state index is 0.885. The maximum absolute atomic E-state index is 5.11. The second-order valence-corrected chi connectivity index (χ2v) is 11.9. The average molecular weight is 338 g/mol. The van der Waals surface area contributed by atoms with Gasteiger partial charge in [-0.2, -0.15) is 6.66 Å². The Kier molecular flexibility index (Phi) is 4.95. The highest BCUT2D eigenvalue weighted by molar-refractivity contribution is 7.85. The van der Waals surface area contributed by atoms with Gasteiger partial charge in [0.05, 0.1) is 5.30 Å². The number of rotatable bonds is 3. The van der Waals surface area contributed by atoms with Crippen molar-refractivity contribution in [1.29, 1.82) is 0 Å². The normalized spacial score (nSPS) is 21.2. The van der Waals surface area contributed by atoms with Crippen molar-refractivity contribution in [3.05, 3.63) is 49.1 Å². The van der Waals surface area contributed by atoms with Crippen LogP contribution in [0.1, 0.15) is 64.2 Å². The Bertz CT molecular complexity index is 659. The zero-order valence-corrected chi connectivity index (χ0v) is 15.8. The third-order valence-electron chi connectivity index (χ3n) is 6.67. The average Bonchev–Trinajstić information content (AvgIpc) is 2.68. The second kappa shape index (κ2) is 7.17. The molecule has 0 aliphatic heterocycles. The summed E-state index contributed by atoms with van der Waals surface area (Å²) in [6.07, 6.45) is 14.3. The zero-order valence-electron chi connectivity index (χ0n) is 14.9. The van der Waals surface area contributed by atoms with E-state index in [-0.39, 0.29) is 0 Å². The van der Waals surface area contributed by atoms with E-state index in [2.05, 4.69) is 42.5 Å². The van der Waals surface area contributed by atoms with Crippen LogP contribution in [0.3, 0.4) is 0 Å². The van der Waals surface area contributed by atoms with Gasteiger partial charge in [0, 0.05) is 11.3 Å². The molecule has 24 heavy (non-hydrogen) atoms. The topological polar surface area (TPSA) is 0 Å². The molecule has 0 unspecified atom stereocenters. The lowest BCUT2D eigenvalue weighted by molar-refractivity contribution is 0.483. The molecule has 0 N–H and O–H groups in total. The summed E-state index contributed by atoms with van der Waals surface area (Å²) >= 11 is 0. The van der Waals surface area contributed by atoms with Crippen LogP contribution in [0, 0.1) is 6.66 Å². The monoisotopic (exact) mass is 338 g/mol. The van der Waals surface area contributed by atoms with Crippen LogP contribution in [0.4, 0.5) is 0 Å². The summed E-state index contributed by atoms with van der Waals surface area (Å²) in [6, 6.07) is 16.2. The van der Waals surface area contributed by atoms with E-state index in [1.54, 1.807) is 5.30 Å². The lowest BCUT2D eigenvalue weighted by Gasteiger charge is -2.46. The third kappa shape index (κ3) is 3.03. The van der Waals surface area contributed by atoms with E-state index in [9.17, 15) is 0 Å². The maximum atomic E-state index is 5.11. The fraction of sp³-hybridized carbons (Fsp3) is 0.522. The van der Waals surface area contributed by atoms with E-state index in [0.717, 1.165) is 11.3 Å². The van der Waals surface area contributed by atoms with E-state index < -0.39 is 7.26 Å². The predicted molar refractivity (Wildman–Crippen MR) is 110 cm³/mol. The molecular weight excluding hydrogens is 307 g/mol. The van der Waals surface area contributed by atoms with Crippen LogP contribution in [0.15, 0.2) is 42.5 Å². The van der Waals surface area contributed by atoms with Crippen molar-refractivity contribution >= 4 is 23.3 Å². The van der Waals surface area contributed by atoms with Crippen molar-refractivity contribution in [3.63, 3.8) is 0 Å². The van der Waals surface area contributed by atoms with Crippen molar-refractivity contribution in [1.82, 2.24) is 0 Å². The SMILES string of the molecule is [CH2-][P+](c1ccc2ccccc2c1)(C1CCCCC1)C1CCCCC1. The summed E-state index contributed by atoms with van der Waals surface area (Å²) in [5.74, 6) is 0. The summed E-state index contributed by atoms with van der Waals surface area (Å²) in [6.45, 7) is 5.11. The van der Waals surface area contributed by atoms with E-state index in [4.69, 9.17) is 6.66 Å². The van der Waals surface area contributed by atoms with Crippen LogP contribution in [0.25, 0.3) is 10.8 Å². The Morgan fingerprint density at radius 2 is 1.21 bits per heavy atom. The van der Waals surface area contributed by atoms with Crippen molar-refractivity contribution in [2.75, 3.05) is 0 Å².